The summed E-state index contributed by atoms with van der Waals surface area (Å²) in [5, 5.41) is 25.4. The van der Waals surface area contributed by atoms with Crippen LogP contribution in [0.5, 0.6) is 0 Å². The number of halogens is 2. The first-order valence-corrected chi connectivity index (χ1v) is 12.1. The Morgan fingerprint density at radius 3 is 2.74 bits per heavy atom. The fourth-order valence-corrected chi connectivity index (χ4v) is 5.07. The van der Waals surface area contributed by atoms with Gasteiger partial charge in [-0.15, -0.1) is 0 Å². The molecule has 10 heteroatoms. The van der Waals surface area contributed by atoms with Crippen molar-refractivity contribution in [3.05, 3.63) is 46.5 Å². The van der Waals surface area contributed by atoms with Crippen molar-refractivity contribution in [3.8, 4) is 11.3 Å². The van der Waals surface area contributed by atoms with Crippen molar-refractivity contribution >= 4 is 28.5 Å². The van der Waals surface area contributed by atoms with Crippen LogP contribution in [0, 0.1) is 5.82 Å². The zero-order chi connectivity index (χ0) is 24.7. The summed E-state index contributed by atoms with van der Waals surface area (Å²) in [6.45, 7) is 5.39. The molecule has 0 unspecified atom stereocenters. The standard InChI is InChI=1S/C25H28ClFN4O4/c1-13(2)21-15-7-14(8-18(27)23(15)28-9-16(21)25(33)4-6-35-12-25)22-17(26)10-29-24(31-22)30-19-3-5-34-11-20(19)32/h7-10,13,19-20,32-33H,3-6,11-12H2,1-2H3,(H,29,30,31)/t19-,20+,25-/m1/s1. The molecule has 186 valence electrons. The normalized spacial score (nSPS) is 24.9. The summed E-state index contributed by atoms with van der Waals surface area (Å²) in [4.78, 5) is 13.2. The number of aromatic nitrogens is 3. The van der Waals surface area contributed by atoms with Crippen LogP contribution >= 0.6 is 11.6 Å². The number of aliphatic hydroxyl groups is 2. The fraction of sp³-hybridized carbons (Fsp3) is 0.480. The summed E-state index contributed by atoms with van der Waals surface area (Å²) in [7, 11) is 0. The van der Waals surface area contributed by atoms with Crippen LogP contribution in [0.3, 0.4) is 0 Å². The highest BCUT2D eigenvalue weighted by atomic mass is 35.5. The Bertz CT molecular complexity index is 1250. The van der Waals surface area contributed by atoms with Crippen LogP contribution in [0.25, 0.3) is 22.2 Å². The van der Waals surface area contributed by atoms with E-state index in [4.69, 9.17) is 21.1 Å². The monoisotopic (exact) mass is 502 g/mol. The van der Waals surface area contributed by atoms with Crippen LogP contribution in [0.15, 0.2) is 24.5 Å². The molecule has 0 spiro atoms. The lowest BCUT2D eigenvalue weighted by Gasteiger charge is -2.28. The summed E-state index contributed by atoms with van der Waals surface area (Å²) in [5.74, 6) is -0.239. The zero-order valence-electron chi connectivity index (χ0n) is 19.6. The van der Waals surface area contributed by atoms with Crippen molar-refractivity contribution < 1.29 is 24.1 Å². The molecule has 0 radical (unpaired) electrons. The van der Waals surface area contributed by atoms with Gasteiger partial charge in [0.25, 0.3) is 0 Å². The zero-order valence-corrected chi connectivity index (χ0v) is 20.3. The second-order valence-electron chi connectivity index (χ2n) is 9.50. The Morgan fingerprint density at radius 1 is 1.20 bits per heavy atom. The second-order valence-corrected chi connectivity index (χ2v) is 9.91. The van der Waals surface area contributed by atoms with Crippen LogP contribution in [0.4, 0.5) is 10.3 Å². The van der Waals surface area contributed by atoms with E-state index in [9.17, 15) is 10.2 Å². The molecule has 8 nitrogen and oxygen atoms in total. The lowest BCUT2D eigenvalue weighted by molar-refractivity contribution is -0.0136. The predicted molar refractivity (Wildman–Crippen MR) is 130 cm³/mol. The number of nitrogens with one attached hydrogen (secondary N) is 1. The Hall–Kier alpha value is -2.43. The van der Waals surface area contributed by atoms with Gasteiger partial charge >= 0.3 is 0 Å². The molecule has 2 aliphatic heterocycles. The number of fused-ring (bicyclic) bond motifs is 1. The van der Waals surface area contributed by atoms with E-state index in [1.165, 1.54) is 12.3 Å². The van der Waals surface area contributed by atoms with Gasteiger partial charge in [-0.25, -0.2) is 14.4 Å². The number of ether oxygens (including phenoxy) is 2. The molecular formula is C25H28ClFN4O4. The highest BCUT2D eigenvalue weighted by Crippen LogP contribution is 2.40. The van der Waals surface area contributed by atoms with Crippen LogP contribution in [0.2, 0.25) is 5.02 Å². The quantitative estimate of drug-likeness (QED) is 0.483. The van der Waals surface area contributed by atoms with Gasteiger partial charge in [-0.05, 0) is 30.0 Å². The van der Waals surface area contributed by atoms with Crippen molar-refractivity contribution in [1.82, 2.24) is 15.0 Å². The van der Waals surface area contributed by atoms with Crippen LogP contribution in [-0.4, -0.2) is 63.7 Å². The van der Waals surface area contributed by atoms with E-state index in [1.807, 2.05) is 19.9 Å². The largest absolute Gasteiger partial charge is 0.389 e. The molecule has 3 N–H and O–H groups in total. The van der Waals surface area contributed by atoms with E-state index in [0.717, 1.165) is 5.56 Å². The van der Waals surface area contributed by atoms with Gasteiger partial charge in [-0.3, -0.25) is 4.98 Å². The van der Waals surface area contributed by atoms with Gasteiger partial charge in [0, 0.05) is 42.3 Å². The molecule has 0 amide bonds. The van der Waals surface area contributed by atoms with Crippen molar-refractivity contribution in [2.24, 2.45) is 0 Å². The maximum atomic E-state index is 15.3. The Labute approximate surface area is 207 Å². The third-order valence-corrected chi connectivity index (χ3v) is 6.98. The average molecular weight is 503 g/mol. The van der Waals surface area contributed by atoms with E-state index in [-0.39, 0.29) is 41.7 Å². The molecule has 2 aromatic heterocycles. The van der Waals surface area contributed by atoms with Crippen LogP contribution in [0.1, 0.15) is 43.7 Å². The minimum atomic E-state index is -1.17. The number of nitrogens with zero attached hydrogens (tertiary/aromatic N) is 3. The number of anilines is 1. The second kappa shape index (κ2) is 9.55. The molecule has 0 bridgehead atoms. The molecular weight excluding hydrogens is 475 g/mol. The van der Waals surface area contributed by atoms with E-state index < -0.39 is 17.5 Å². The van der Waals surface area contributed by atoms with Gasteiger partial charge in [0.05, 0.1) is 42.3 Å². The van der Waals surface area contributed by atoms with Crippen LogP contribution in [-0.2, 0) is 15.1 Å². The molecule has 0 saturated carbocycles. The molecule has 1 aromatic carbocycles. The highest BCUT2D eigenvalue weighted by molar-refractivity contribution is 6.33. The summed E-state index contributed by atoms with van der Waals surface area (Å²) in [6.07, 6.45) is 3.39. The summed E-state index contributed by atoms with van der Waals surface area (Å²) in [5.41, 5.74) is 1.35. The maximum absolute atomic E-state index is 15.3. The lowest BCUT2D eigenvalue weighted by atomic mass is 9.84. The average Bonchev–Trinajstić information content (AvgIpc) is 3.28. The Kier molecular flexibility index (Phi) is 6.63. The minimum Gasteiger partial charge on any atom is -0.389 e. The molecule has 5 rings (SSSR count). The fourth-order valence-electron chi connectivity index (χ4n) is 4.87. The Morgan fingerprint density at radius 2 is 2.03 bits per heavy atom. The first-order valence-electron chi connectivity index (χ1n) is 11.7. The van der Waals surface area contributed by atoms with E-state index in [1.54, 1.807) is 6.20 Å². The van der Waals surface area contributed by atoms with E-state index in [2.05, 4.69) is 20.3 Å². The Balaban J connectivity index is 1.61. The number of pyridine rings is 1. The first kappa shape index (κ1) is 24.3. The third-order valence-electron chi connectivity index (χ3n) is 6.70. The van der Waals surface area contributed by atoms with Gasteiger partial charge in [-0.2, -0.15) is 0 Å². The van der Waals surface area contributed by atoms with Gasteiger partial charge in [-0.1, -0.05) is 25.4 Å². The summed E-state index contributed by atoms with van der Waals surface area (Å²) >= 11 is 6.45. The van der Waals surface area contributed by atoms with Crippen molar-refractivity contribution in [2.75, 3.05) is 31.7 Å². The van der Waals surface area contributed by atoms with Crippen LogP contribution < -0.4 is 5.32 Å². The molecule has 3 atom stereocenters. The van der Waals surface area contributed by atoms with Gasteiger partial charge in [0.2, 0.25) is 5.95 Å². The summed E-state index contributed by atoms with van der Waals surface area (Å²) < 4.78 is 26.1. The van der Waals surface area contributed by atoms with Crippen molar-refractivity contribution in [1.29, 1.82) is 0 Å². The highest BCUT2D eigenvalue weighted by Gasteiger charge is 2.37. The number of rotatable bonds is 5. The lowest BCUT2D eigenvalue weighted by Crippen LogP contribution is -2.42. The molecule has 2 saturated heterocycles. The number of aliphatic hydroxyl groups excluding tert-OH is 1. The van der Waals surface area contributed by atoms with Gasteiger partial charge in [0.15, 0.2) is 0 Å². The minimum absolute atomic E-state index is 0.0112. The molecule has 2 aliphatic rings. The third kappa shape index (κ3) is 4.59. The molecule has 0 aliphatic carbocycles. The van der Waals surface area contributed by atoms with E-state index >= 15 is 4.39 Å². The smallest absolute Gasteiger partial charge is 0.223 e. The van der Waals surface area contributed by atoms with Gasteiger partial charge in [0.1, 0.15) is 16.9 Å². The SMILES string of the molecule is CC(C)c1c([C@@]2(O)CCOC2)cnc2c(F)cc(-c3nc(N[C@@H]4CCOC[C@@H]4O)ncc3Cl)cc12. The van der Waals surface area contributed by atoms with Crippen molar-refractivity contribution in [2.45, 2.75) is 50.4 Å². The predicted octanol–water partition coefficient (Wildman–Crippen LogP) is 3.78. The molecule has 4 heterocycles. The number of hydrogen-bond donors (Lipinski definition) is 3. The molecule has 3 aromatic rings. The van der Waals surface area contributed by atoms with Gasteiger partial charge < -0.3 is 25.0 Å². The number of benzene rings is 1. The summed E-state index contributed by atoms with van der Waals surface area (Å²) in [6, 6.07) is 2.90. The molecule has 35 heavy (non-hydrogen) atoms. The van der Waals surface area contributed by atoms with E-state index in [0.29, 0.717) is 48.3 Å². The maximum Gasteiger partial charge on any atom is 0.223 e. The van der Waals surface area contributed by atoms with Crippen molar-refractivity contribution in [3.63, 3.8) is 0 Å². The number of hydrogen-bond acceptors (Lipinski definition) is 8. The topological polar surface area (TPSA) is 110 Å². The first-order chi connectivity index (χ1) is 16.8. The molecule has 2 fully saturated rings.